The number of phenols is 3. The number of aryl methyl sites for hydroxylation is 4. The van der Waals surface area contributed by atoms with Crippen LogP contribution in [0.2, 0.25) is 0 Å². The van der Waals surface area contributed by atoms with E-state index in [-0.39, 0.29) is 17.2 Å². The fraction of sp³-hybridized carbons (Fsp3) is 0.182. The lowest BCUT2D eigenvalue weighted by Gasteiger charge is -2.08. The van der Waals surface area contributed by atoms with E-state index < -0.39 is 0 Å². The lowest BCUT2D eigenvalue weighted by atomic mass is 9.98. The van der Waals surface area contributed by atoms with Crippen molar-refractivity contribution in [3.8, 4) is 17.2 Å². The van der Waals surface area contributed by atoms with Crippen molar-refractivity contribution in [2.75, 3.05) is 0 Å². The van der Waals surface area contributed by atoms with Crippen LogP contribution in [-0.4, -0.2) is 15.3 Å². The average Bonchev–Trinajstić information content (AvgIpc) is 2.58. The maximum Gasteiger partial charge on any atom is 0.116 e. The van der Waals surface area contributed by atoms with Crippen LogP contribution in [0.4, 0.5) is 0 Å². The fourth-order valence-electron chi connectivity index (χ4n) is 3.03. The van der Waals surface area contributed by atoms with Gasteiger partial charge < -0.3 is 15.3 Å². The van der Waals surface area contributed by atoms with Crippen molar-refractivity contribution in [3.05, 3.63) is 89.0 Å². The van der Waals surface area contributed by atoms with E-state index in [4.69, 9.17) is 0 Å². The Balaban J connectivity index is 1.65. The van der Waals surface area contributed by atoms with Gasteiger partial charge >= 0.3 is 0 Å². The molecule has 3 nitrogen and oxygen atoms in total. The topological polar surface area (TPSA) is 60.7 Å². The molecular weight excluding hydrogens is 312 g/mol. The minimum absolute atomic E-state index is 0.277. The predicted molar refractivity (Wildman–Crippen MR) is 99.1 cm³/mol. The Bertz CT molecular complexity index is 788. The van der Waals surface area contributed by atoms with E-state index >= 15 is 0 Å². The van der Waals surface area contributed by atoms with Gasteiger partial charge in [0.25, 0.3) is 0 Å². The summed E-state index contributed by atoms with van der Waals surface area (Å²) in [5.74, 6) is 0.833. The molecule has 128 valence electrons. The quantitative estimate of drug-likeness (QED) is 0.627. The van der Waals surface area contributed by atoms with Crippen LogP contribution >= 0.6 is 0 Å². The summed E-state index contributed by atoms with van der Waals surface area (Å²) < 4.78 is 0. The molecule has 0 saturated heterocycles. The van der Waals surface area contributed by atoms with E-state index in [0.717, 1.165) is 47.9 Å². The summed E-state index contributed by atoms with van der Waals surface area (Å²) >= 11 is 0. The van der Waals surface area contributed by atoms with Crippen LogP contribution in [0.25, 0.3) is 0 Å². The van der Waals surface area contributed by atoms with Crippen molar-refractivity contribution >= 4 is 0 Å². The molecule has 0 aliphatic carbocycles. The standard InChI is InChI=1S/C22H22O3/c23-20-5-1-3-16(12-20)7-9-18-11-19(15-22(25)14-18)10-8-17-4-2-6-21(24)13-17/h1-6,11-15,23-25H,7-10H2. The maximum atomic E-state index is 10.00. The molecule has 0 atom stereocenters. The van der Waals surface area contributed by atoms with E-state index in [2.05, 4.69) is 6.07 Å². The summed E-state index contributed by atoms with van der Waals surface area (Å²) in [6, 6.07) is 20.2. The van der Waals surface area contributed by atoms with Crippen LogP contribution in [0.15, 0.2) is 66.7 Å². The van der Waals surface area contributed by atoms with E-state index in [1.807, 2.05) is 24.3 Å². The largest absolute Gasteiger partial charge is 0.508 e. The Morgan fingerprint density at radius 3 is 1.28 bits per heavy atom. The van der Waals surface area contributed by atoms with Crippen molar-refractivity contribution in [1.29, 1.82) is 0 Å². The Hall–Kier alpha value is -2.94. The van der Waals surface area contributed by atoms with Crippen LogP contribution < -0.4 is 0 Å². The number of hydrogen-bond donors (Lipinski definition) is 3. The third-order valence-electron chi connectivity index (χ3n) is 4.26. The summed E-state index contributed by atoms with van der Waals surface area (Å²) in [5.41, 5.74) is 4.30. The molecule has 0 aromatic heterocycles. The van der Waals surface area contributed by atoms with Crippen molar-refractivity contribution in [1.82, 2.24) is 0 Å². The monoisotopic (exact) mass is 334 g/mol. The zero-order chi connectivity index (χ0) is 17.6. The van der Waals surface area contributed by atoms with Crippen LogP contribution in [0, 0.1) is 0 Å². The number of hydrogen-bond acceptors (Lipinski definition) is 3. The molecule has 0 heterocycles. The van der Waals surface area contributed by atoms with Crippen molar-refractivity contribution < 1.29 is 15.3 Å². The van der Waals surface area contributed by atoms with Gasteiger partial charge in [-0.2, -0.15) is 0 Å². The number of rotatable bonds is 6. The highest BCUT2D eigenvalue weighted by Crippen LogP contribution is 2.21. The second-order valence-electron chi connectivity index (χ2n) is 6.35. The summed E-state index contributed by atoms with van der Waals surface area (Å²) in [4.78, 5) is 0. The number of benzene rings is 3. The molecule has 0 amide bonds. The molecule has 0 aliphatic rings. The Morgan fingerprint density at radius 2 is 0.840 bits per heavy atom. The summed E-state index contributed by atoms with van der Waals surface area (Å²) in [5, 5.41) is 29.1. The van der Waals surface area contributed by atoms with E-state index in [0.29, 0.717) is 0 Å². The van der Waals surface area contributed by atoms with Gasteiger partial charge in [-0.05, 0) is 84.3 Å². The molecule has 3 rings (SSSR count). The predicted octanol–water partition coefficient (Wildman–Crippen LogP) is 4.37. The van der Waals surface area contributed by atoms with E-state index in [9.17, 15) is 15.3 Å². The second-order valence-corrected chi connectivity index (χ2v) is 6.35. The highest BCUT2D eigenvalue weighted by Gasteiger charge is 2.04. The number of aromatic hydroxyl groups is 3. The van der Waals surface area contributed by atoms with Gasteiger partial charge in [0.15, 0.2) is 0 Å². The molecule has 0 fully saturated rings. The molecule has 3 aromatic rings. The molecule has 0 bridgehead atoms. The van der Waals surface area contributed by atoms with Gasteiger partial charge in [-0.25, -0.2) is 0 Å². The smallest absolute Gasteiger partial charge is 0.116 e. The molecule has 0 unspecified atom stereocenters. The first-order chi connectivity index (χ1) is 12.1. The normalized spacial score (nSPS) is 10.7. The lowest BCUT2D eigenvalue weighted by molar-refractivity contribution is 0.472. The number of phenolic OH excluding ortho intramolecular Hbond substituents is 3. The first-order valence-corrected chi connectivity index (χ1v) is 8.46. The molecule has 3 N–H and O–H groups in total. The summed E-state index contributed by atoms with van der Waals surface area (Å²) in [6.07, 6.45) is 3.22. The third kappa shape index (κ3) is 5.01. The van der Waals surface area contributed by atoms with Gasteiger partial charge in [-0.1, -0.05) is 30.3 Å². The average molecular weight is 334 g/mol. The zero-order valence-electron chi connectivity index (χ0n) is 14.0. The van der Waals surface area contributed by atoms with Crippen LogP contribution in [-0.2, 0) is 25.7 Å². The molecule has 0 radical (unpaired) electrons. The Kier molecular flexibility index (Phi) is 5.24. The van der Waals surface area contributed by atoms with Crippen LogP contribution in [0.5, 0.6) is 17.2 Å². The zero-order valence-corrected chi connectivity index (χ0v) is 14.0. The Labute approximate surface area is 147 Å². The minimum atomic E-state index is 0.277. The highest BCUT2D eigenvalue weighted by atomic mass is 16.3. The molecule has 0 saturated carbocycles. The Morgan fingerprint density at radius 1 is 0.440 bits per heavy atom. The van der Waals surface area contributed by atoms with Gasteiger partial charge in [0, 0.05) is 0 Å². The maximum absolute atomic E-state index is 10.00. The molecule has 25 heavy (non-hydrogen) atoms. The third-order valence-corrected chi connectivity index (χ3v) is 4.26. The minimum Gasteiger partial charge on any atom is -0.508 e. The van der Waals surface area contributed by atoms with Gasteiger partial charge in [0.1, 0.15) is 17.2 Å². The molecule has 3 aromatic carbocycles. The summed E-state index contributed by atoms with van der Waals surface area (Å²) in [6.45, 7) is 0. The summed E-state index contributed by atoms with van der Waals surface area (Å²) in [7, 11) is 0. The first kappa shape index (κ1) is 16.9. The van der Waals surface area contributed by atoms with Crippen molar-refractivity contribution in [2.24, 2.45) is 0 Å². The molecular formula is C22H22O3. The molecule has 0 aliphatic heterocycles. The van der Waals surface area contributed by atoms with E-state index in [1.54, 1.807) is 36.4 Å². The second kappa shape index (κ2) is 7.75. The highest BCUT2D eigenvalue weighted by molar-refractivity contribution is 5.36. The van der Waals surface area contributed by atoms with Gasteiger partial charge in [0.2, 0.25) is 0 Å². The van der Waals surface area contributed by atoms with Crippen LogP contribution in [0.1, 0.15) is 22.3 Å². The van der Waals surface area contributed by atoms with Gasteiger partial charge in [-0.3, -0.25) is 0 Å². The van der Waals surface area contributed by atoms with Gasteiger partial charge in [0.05, 0.1) is 0 Å². The molecule has 3 heteroatoms. The fourth-order valence-corrected chi connectivity index (χ4v) is 3.03. The lowest BCUT2D eigenvalue weighted by Crippen LogP contribution is -1.95. The van der Waals surface area contributed by atoms with Crippen molar-refractivity contribution in [2.45, 2.75) is 25.7 Å². The van der Waals surface area contributed by atoms with E-state index in [1.165, 1.54) is 0 Å². The van der Waals surface area contributed by atoms with Crippen molar-refractivity contribution in [3.63, 3.8) is 0 Å². The van der Waals surface area contributed by atoms with Crippen LogP contribution in [0.3, 0.4) is 0 Å². The SMILES string of the molecule is Oc1cccc(CCc2cc(O)cc(CCc3cccc(O)c3)c2)c1. The first-order valence-electron chi connectivity index (χ1n) is 8.46. The van der Waals surface area contributed by atoms with Gasteiger partial charge in [-0.15, -0.1) is 0 Å². The molecule has 0 spiro atoms.